The van der Waals surface area contributed by atoms with Gasteiger partial charge in [0.1, 0.15) is 0 Å². The van der Waals surface area contributed by atoms with E-state index < -0.39 is 0 Å². The normalized spacial score (nSPS) is 14.8. The number of hydrogen-bond donors (Lipinski definition) is 0. The van der Waals surface area contributed by atoms with Gasteiger partial charge in [0.25, 0.3) is 5.56 Å². The fourth-order valence-corrected chi connectivity index (χ4v) is 5.41. The van der Waals surface area contributed by atoms with E-state index in [1.54, 1.807) is 13.4 Å². The summed E-state index contributed by atoms with van der Waals surface area (Å²) in [5, 5.41) is 1.40. The summed E-state index contributed by atoms with van der Waals surface area (Å²) in [6.45, 7) is 3.46. The molecule has 0 fully saturated rings. The van der Waals surface area contributed by atoms with Crippen molar-refractivity contribution in [3.05, 3.63) is 61.9 Å². The third kappa shape index (κ3) is 2.56. The van der Waals surface area contributed by atoms with E-state index in [4.69, 9.17) is 0 Å². The lowest BCUT2D eigenvalue weighted by molar-refractivity contribution is 0.248. The highest BCUT2D eigenvalue weighted by Gasteiger charge is 2.21. The molecule has 3 aromatic heterocycles. The molecule has 0 aliphatic carbocycles. The van der Waals surface area contributed by atoms with Crippen LogP contribution < -0.4 is 11.2 Å². The molecule has 1 aromatic carbocycles. The van der Waals surface area contributed by atoms with Crippen molar-refractivity contribution < 1.29 is 0 Å². The summed E-state index contributed by atoms with van der Waals surface area (Å²) in [6.07, 6.45) is 2.72. The van der Waals surface area contributed by atoms with E-state index in [1.165, 1.54) is 32.1 Å². The Morgan fingerprint density at radius 1 is 1.11 bits per heavy atom. The molecule has 0 radical (unpaired) electrons. The molecule has 8 heteroatoms. The van der Waals surface area contributed by atoms with Crippen LogP contribution in [-0.4, -0.2) is 36.7 Å². The number of fused-ring (bicyclic) bond motifs is 4. The van der Waals surface area contributed by atoms with Crippen LogP contribution in [0, 0.1) is 0 Å². The summed E-state index contributed by atoms with van der Waals surface area (Å²) in [4.78, 5) is 32.8. The molecule has 4 aromatic rings. The fourth-order valence-electron chi connectivity index (χ4n) is 4.11. The van der Waals surface area contributed by atoms with Gasteiger partial charge in [0.05, 0.1) is 6.33 Å². The highest BCUT2D eigenvalue weighted by molar-refractivity contribution is 7.19. The molecule has 1 aliphatic rings. The van der Waals surface area contributed by atoms with Gasteiger partial charge in [-0.15, -0.1) is 11.3 Å². The Bertz CT molecular complexity index is 1330. The molecule has 0 atom stereocenters. The summed E-state index contributed by atoms with van der Waals surface area (Å²) < 4.78 is 5.81. The smallest absolute Gasteiger partial charge is 0.323 e. The highest BCUT2D eigenvalue weighted by Crippen LogP contribution is 2.34. The Morgan fingerprint density at radius 3 is 2.79 bits per heavy atom. The topological polar surface area (TPSA) is 65.1 Å². The van der Waals surface area contributed by atoms with Crippen LogP contribution in [0.3, 0.4) is 0 Å². The minimum Gasteiger partial charge on any atom is -0.323 e. The molecule has 0 unspecified atom stereocenters. The Kier molecular flexibility index (Phi) is 3.99. The van der Waals surface area contributed by atoms with Crippen LogP contribution in [0.25, 0.3) is 21.3 Å². The fraction of sp³-hybridized carbons (Fsp3) is 0.350. The molecule has 28 heavy (non-hydrogen) atoms. The molecule has 0 bridgehead atoms. The minimum absolute atomic E-state index is 0.291. The third-order valence-corrected chi connectivity index (χ3v) is 6.90. The van der Waals surface area contributed by atoms with Crippen molar-refractivity contribution in [2.75, 3.05) is 13.1 Å². The van der Waals surface area contributed by atoms with E-state index >= 15 is 0 Å². The molecule has 0 amide bonds. The first-order valence-electron chi connectivity index (χ1n) is 9.37. The predicted molar refractivity (Wildman–Crippen MR) is 111 cm³/mol. The molecule has 4 heterocycles. The number of aromatic nitrogens is 4. The van der Waals surface area contributed by atoms with Crippen LogP contribution in [0.1, 0.15) is 10.4 Å². The average molecular weight is 395 g/mol. The van der Waals surface area contributed by atoms with Gasteiger partial charge in [-0.3, -0.25) is 18.8 Å². The van der Waals surface area contributed by atoms with Crippen LogP contribution >= 0.6 is 11.3 Å². The lowest BCUT2D eigenvalue weighted by atomic mass is 10.0. The van der Waals surface area contributed by atoms with Gasteiger partial charge in [-0.25, -0.2) is 9.78 Å². The van der Waals surface area contributed by atoms with Crippen LogP contribution in [0.4, 0.5) is 0 Å². The largest absolute Gasteiger partial charge is 0.332 e. The Balaban J connectivity index is 1.40. The van der Waals surface area contributed by atoms with Crippen molar-refractivity contribution in [1.82, 2.24) is 23.6 Å². The van der Waals surface area contributed by atoms with E-state index in [9.17, 15) is 9.59 Å². The summed E-state index contributed by atoms with van der Waals surface area (Å²) in [5.41, 5.74) is 1.79. The van der Waals surface area contributed by atoms with Gasteiger partial charge in [-0.2, -0.15) is 0 Å². The lowest BCUT2D eigenvalue weighted by Gasteiger charge is -2.27. The summed E-state index contributed by atoms with van der Waals surface area (Å²) in [5.74, 6) is 0. The molecule has 144 valence electrons. The average Bonchev–Trinajstić information content (AvgIpc) is 3.30. The zero-order valence-electron chi connectivity index (χ0n) is 15.9. The summed E-state index contributed by atoms with van der Waals surface area (Å²) >= 11 is 1.89. The maximum Gasteiger partial charge on any atom is 0.332 e. The standard InChI is InChI=1S/C20H21N5O2S/c1-22-18-17(19(26)23(2)20(22)27)25(12-21-18)10-9-24-8-7-14-13-5-3-4-6-15(13)28-16(14)11-24/h3-6,12H,7-11H2,1-2H3. The molecule has 0 saturated heterocycles. The number of hydrogen-bond acceptors (Lipinski definition) is 5. The Labute approximate surface area is 165 Å². The predicted octanol–water partition coefficient (Wildman–Crippen LogP) is 1.71. The van der Waals surface area contributed by atoms with Crippen molar-refractivity contribution in [1.29, 1.82) is 0 Å². The molecule has 0 N–H and O–H groups in total. The van der Waals surface area contributed by atoms with E-state index in [1.807, 2.05) is 15.9 Å². The van der Waals surface area contributed by atoms with Crippen LogP contribution in [0.5, 0.6) is 0 Å². The van der Waals surface area contributed by atoms with Gasteiger partial charge in [0.2, 0.25) is 0 Å². The monoisotopic (exact) mass is 395 g/mol. The number of benzene rings is 1. The highest BCUT2D eigenvalue weighted by atomic mass is 32.1. The quantitative estimate of drug-likeness (QED) is 0.530. The molecule has 7 nitrogen and oxygen atoms in total. The van der Waals surface area contributed by atoms with Gasteiger partial charge in [0.15, 0.2) is 11.2 Å². The second kappa shape index (κ2) is 6.42. The number of aryl methyl sites for hydroxylation is 1. The lowest BCUT2D eigenvalue weighted by Crippen LogP contribution is -2.38. The Morgan fingerprint density at radius 2 is 1.93 bits per heavy atom. The van der Waals surface area contributed by atoms with Gasteiger partial charge in [-0.05, 0) is 23.4 Å². The molecule has 5 rings (SSSR count). The third-order valence-electron chi connectivity index (χ3n) is 5.70. The maximum atomic E-state index is 12.6. The van der Waals surface area contributed by atoms with E-state index in [-0.39, 0.29) is 11.2 Å². The van der Waals surface area contributed by atoms with Crippen LogP contribution in [0.2, 0.25) is 0 Å². The first-order valence-corrected chi connectivity index (χ1v) is 10.2. The van der Waals surface area contributed by atoms with Gasteiger partial charge in [-0.1, -0.05) is 18.2 Å². The molecular weight excluding hydrogens is 374 g/mol. The maximum absolute atomic E-state index is 12.6. The molecule has 1 aliphatic heterocycles. The van der Waals surface area contributed by atoms with Crippen LogP contribution in [-0.2, 0) is 33.6 Å². The number of thiophene rings is 1. The zero-order chi connectivity index (χ0) is 19.4. The number of nitrogens with zero attached hydrogens (tertiary/aromatic N) is 5. The van der Waals surface area contributed by atoms with Gasteiger partial charge >= 0.3 is 5.69 Å². The Hall–Kier alpha value is -2.71. The second-order valence-corrected chi connectivity index (χ2v) is 8.48. The molecule has 0 spiro atoms. The summed E-state index contributed by atoms with van der Waals surface area (Å²) in [6, 6.07) is 8.62. The van der Waals surface area contributed by atoms with Gasteiger partial charge in [0, 0.05) is 49.9 Å². The van der Waals surface area contributed by atoms with Crippen molar-refractivity contribution in [3.8, 4) is 0 Å². The minimum atomic E-state index is -0.351. The van der Waals surface area contributed by atoms with Crippen molar-refractivity contribution >= 4 is 32.6 Å². The summed E-state index contributed by atoms with van der Waals surface area (Å²) in [7, 11) is 3.16. The van der Waals surface area contributed by atoms with Crippen molar-refractivity contribution in [2.45, 2.75) is 19.5 Å². The first kappa shape index (κ1) is 17.4. The molecular formula is C20H21N5O2S. The molecule has 0 saturated carbocycles. The second-order valence-electron chi connectivity index (χ2n) is 7.34. The SMILES string of the molecule is Cn1c(=O)c2c(ncn2CCN2CCc3c(sc4ccccc34)C2)n(C)c1=O. The number of rotatable bonds is 3. The van der Waals surface area contributed by atoms with Crippen LogP contribution in [0.15, 0.2) is 40.2 Å². The van der Waals surface area contributed by atoms with E-state index in [2.05, 4.69) is 34.1 Å². The van der Waals surface area contributed by atoms with Crippen molar-refractivity contribution in [2.24, 2.45) is 14.1 Å². The first-order chi connectivity index (χ1) is 13.5. The van der Waals surface area contributed by atoms with E-state index in [0.717, 1.165) is 30.6 Å². The zero-order valence-corrected chi connectivity index (χ0v) is 16.7. The number of imidazole rings is 1. The van der Waals surface area contributed by atoms with E-state index in [0.29, 0.717) is 17.7 Å². The van der Waals surface area contributed by atoms with Crippen molar-refractivity contribution in [3.63, 3.8) is 0 Å². The van der Waals surface area contributed by atoms with Gasteiger partial charge < -0.3 is 4.57 Å².